The summed E-state index contributed by atoms with van der Waals surface area (Å²) in [5, 5.41) is 0. The third-order valence-corrected chi connectivity index (χ3v) is 3.37. The predicted octanol–water partition coefficient (Wildman–Crippen LogP) is 2.55. The fourth-order valence-electron chi connectivity index (χ4n) is 1.81. The molecule has 0 atom stereocenters. The lowest BCUT2D eigenvalue weighted by molar-refractivity contribution is 0.305. The van der Waals surface area contributed by atoms with E-state index >= 15 is 0 Å². The molecule has 15 heavy (non-hydrogen) atoms. The van der Waals surface area contributed by atoms with Crippen LogP contribution in [-0.2, 0) is 6.54 Å². The summed E-state index contributed by atoms with van der Waals surface area (Å²) in [7, 11) is 0. The largest absolute Gasteiger partial charge is 0.491 e. The monoisotopic (exact) mass is 312 g/mol. The van der Waals surface area contributed by atoms with Crippen LogP contribution < -0.4 is 4.74 Å². The fourth-order valence-corrected chi connectivity index (χ4v) is 2.42. The molecular formula is C11H9IN2O. The SMILES string of the molecule is Ic1cnc2n1CCOc1ccccc1-2. The summed E-state index contributed by atoms with van der Waals surface area (Å²) in [4.78, 5) is 4.43. The van der Waals surface area contributed by atoms with E-state index in [1.807, 2.05) is 24.4 Å². The van der Waals surface area contributed by atoms with E-state index in [2.05, 4.69) is 38.2 Å². The number of halogens is 1. The Morgan fingerprint density at radius 2 is 2.20 bits per heavy atom. The number of para-hydroxylation sites is 1. The topological polar surface area (TPSA) is 27.1 Å². The standard InChI is InChI=1S/C11H9IN2O/c12-10-7-13-11-8-3-1-2-4-9(8)15-6-5-14(10)11/h1-4,7H,5-6H2. The number of aromatic nitrogens is 2. The first kappa shape index (κ1) is 9.21. The smallest absolute Gasteiger partial charge is 0.144 e. The molecule has 0 spiro atoms. The number of fused-ring (bicyclic) bond motifs is 3. The maximum absolute atomic E-state index is 5.68. The predicted molar refractivity (Wildman–Crippen MR) is 65.9 cm³/mol. The van der Waals surface area contributed by atoms with Gasteiger partial charge in [0.05, 0.1) is 18.3 Å². The van der Waals surface area contributed by atoms with Gasteiger partial charge in [-0.2, -0.15) is 0 Å². The normalized spacial score (nSPS) is 13.7. The zero-order chi connectivity index (χ0) is 10.3. The van der Waals surface area contributed by atoms with Crippen molar-refractivity contribution in [2.24, 2.45) is 0 Å². The molecule has 1 aromatic carbocycles. The Labute approximate surface area is 101 Å². The van der Waals surface area contributed by atoms with Crippen LogP contribution in [0.15, 0.2) is 30.5 Å². The molecule has 1 aromatic heterocycles. The Morgan fingerprint density at radius 1 is 1.33 bits per heavy atom. The first-order valence-corrected chi connectivity index (χ1v) is 5.87. The molecule has 0 fully saturated rings. The Hall–Kier alpha value is -1.04. The van der Waals surface area contributed by atoms with Gasteiger partial charge in [0.2, 0.25) is 0 Å². The molecule has 2 aromatic rings. The number of nitrogens with zero attached hydrogens (tertiary/aromatic N) is 2. The Kier molecular flexibility index (Phi) is 2.16. The Balaban J connectivity index is 2.27. The van der Waals surface area contributed by atoms with Crippen molar-refractivity contribution in [1.29, 1.82) is 0 Å². The van der Waals surface area contributed by atoms with Crippen LogP contribution >= 0.6 is 22.6 Å². The molecule has 2 heterocycles. The van der Waals surface area contributed by atoms with Crippen LogP contribution in [0.5, 0.6) is 5.75 Å². The van der Waals surface area contributed by atoms with Gasteiger partial charge in [0, 0.05) is 0 Å². The number of benzene rings is 1. The van der Waals surface area contributed by atoms with Crippen molar-refractivity contribution >= 4 is 22.6 Å². The number of rotatable bonds is 0. The van der Waals surface area contributed by atoms with Crippen molar-refractivity contribution in [3.8, 4) is 17.1 Å². The minimum atomic E-state index is 0.705. The van der Waals surface area contributed by atoms with E-state index in [4.69, 9.17) is 4.74 Å². The van der Waals surface area contributed by atoms with Gasteiger partial charge >= 0.3 is 0 Å². The highest BCUT2D eigenvalue weighted by atomic mass is 127. The summed E-state index contributed by atoms with van der Waals surface area (Å²) in [5.74, 6) is 1.94. The van der Waals surface area contributed by atoms with Crippen LogP contribution in [0.25, 0.3) is 11.4 Å². The molecule has 1 aliphatic heterocycles. The van der Waals surface area contributed by atoms with E-state index in [0.717, 1.165) is 27.4 Å². The maximum Gasteiger partial charge on any atom is 0.144 e. The molecular weight excluding hydrogens is 303 g/mol. The summed E-state index contributed by atoms with van der Waals surface area (Å²) < 4.78 is 9.02. The molecule has 0 bridgehead atoms. The van der Waals surface area contributed by atoms with Gasteiger partial charge in [0.15, 0.2) is 0 Å². The molecule has 0 unspecified atom stereocenters. The lowest BCUT2D eigenvalue weighted by atomic mass is 10.2. The number of ether oxygens (including phenoxy) is 1. The second kappa shape index (κ2) is 3.52. The highest BCUT2D eigenvalue weighted by Gasteiger charge is 2.17. The number of hydrogen-bond donors (Lipinski definition) is 0. The van der Waals surface area contributed by atoms with E-state index in [1.54, 1.807) is 0 Å². The lowest BCUT2D eigenvalue weighted by Crippen LogP contribution is -2.06. The zero-order valence-electron chi connectivity index (χ0n) is 7.98. The van der Waals surface area contributed by atoms with Crippen LogP contribution in [0.1, 0.15) is 0 Å². The van der Waals surface area contributed by atoms with E-state index in [-0.39, 0.29) is 0 Å². The highest BCUT2D eigenvalue weighted by molar-refractivity contribution is 14.1. The second-order valence-electron chi connectivity index (χ2n) is 3.40. The number of imidazole rings is 1. The molecule has 76 valence electrons. The minimum absolute atomic E-state index is 0.705. The summed E-state index contributed by atoms with van der Waals surface area (Å²) >= 11 is 2.30. The molecule has 0 saturated heterocycles. The fraction of sp³-hybridized carbons (Fsp3) is 0.182. The third-order valence-electron chi connectivity index (χ3n) is 2.51. The zero-order valence-corrected chi connectivity index (χ0v) is 10.1. The van der Waals surface area contributed by atoms with Gasteiger partial charge in [-0.05, 0) is 34.7 Å². The average molecular weight is 312 g/mol. The second-order valence-corrected chi connectivity index (χ2v) is 4.51. The highest BCUT2D eigenvalue weighted by Crippen LogP contribution is 2.31. The van der Waals surface area contributed by atoms with Gasteiger partial charge in [-0.3, -0.25) is 0 Å². The summed E-state index contributed by atoms with van der Waals surface area (Å²) in [6.07, 6.45) is 1.90. The van der Waals surface area contributed by atoms with Crippen LogP contribution in [0.4, 0.5) is 0 Å². The Morgan fingerprint density at radius 3 is 3.13 bits per heavy atom. The maximum atomic E-state index is 5.68. The molecule has 0 aliphatic carbocycles. The first-order chi connectivity index (χ1) is 7.36. The average Bonchev–Trinajstić information content (AvgIpc) is 2.53. The third kappa shape index (κ3) is 1.43. The molecule has 3 rings (SSSR count). The lowest BCUT2D eigenvalue weighted by Gasteiger charge is -2.04. The van der Waals surface area contributed by atoms with Gasteiger partial charge in [0.1, 0.15) is 21.9 Å². The van der Waals surface area contributed by atoms with Gasteiger partial charge in [-0.25, -0.2) is 4.98 Å². The molecule has 4 heteroatoms. The molecule has 3 nitrogen and oxygen atoms in total. The van der Waals surface area contributed by atoms with Crippen molar-refractivity contribution in [2.45, 2.75) is 6.54 Å². The molecule has 0 amide bonds. The van der Waals surface area contributed by atoms with Crippen LogP contribution in [-0.4, -0.2) is 16.2 Å². The molecule has 0 saturated carbocycles. The van der Waals surface area contributed by atoms with Crippen molar-refractivity contribution in [1.82, 2.24) is 9.55 Å². The van der Waals surface area contributed by atoms with Gasteiger partial charge < -0.3 is 9.30 Å². The summed E-state index contributed by atoms with van der Waals surface area (Å²) in [5.41, 5.74) is 1.08. The van der Waals surface area contributed by atoms with E-state index in [1.165, 1.54) is 0 Å². The first-order valence-electron chi connectivity index (χ1n) is 4.79. The minimum Gasteiger partial charge on any atom is -0.491 e. The van der Waals surface area contributed by atoms with Crippen LogP contribution in [0, 0.1) is 3.70 Å². The van der Waals surface area contributed by atoms with Gasteiger partial charge in [-0.1, -0.05) is 12.1 Å². The summed E-state index contributed by atoms with van der Waals surface area (Å²) in [6, 6.07) is 8.05. The van der Waals surface area contributed by atoms with Crippen LogP contribution in [0.2, 0.25) is 0 Å². The Bertz CT molecular complexity index is 507. The quantitative estimate of drug-likeness (QED) is 0.699. The van der Waals surface area contributed by atoms with Crippen LogP contribution in [0.3, 0.4) is 0 Å². The van der Waals surface area contributed by atoms with Crippen molar-refractivity contribution in [3.63, 3.8) is 0 Å². The molecule has 1 aliphatic rings. The molecule has 0 radical (unpaired) electrons. The van der Waals surface area contributed by atoms with E-state index in [9.17, 15) is 0 Å². The molecule has 0 N–H and O–H groups in total. The van der Waals surface area contributed by atoms with Crippen molar-refractivity contribution in [2.75, 3.05) is 6.61 Å². The van der Waals surface area contributed by atoms with Crippen molar-refractivity contribution in [3.05, 3.63) is 34.2 Å². The van der Waals surface area contributed by atoms with E-state index in [0.29, 0.717) is 6.61 Å². The van der Waals surface area contributed by atoms with Crippen molar-refractivity contribution < 1.29 is 4.74 Å². The summed E-state index contributed by atoms with van der Waals surface area (Å²) in [6.45, 7) is 1.57. The van der Waals surface area contributed by atoms with Gasteiger partial charge in [-0.15, -0.1) is 0 Å². The van der Waals surface area contributed by atoms with Gasteiger partial charge in [0.25, 0.3) is 0 Å². The number of hydrogen-bond acceptors (Lipinski definition) is 2. The van der Waals surface area contributed by atoms with E-state index < -0.39 is 0 Å².